The molecule has 1 aliphatic heterocycles. The lowest BCUT2D eigenvalue weighted by molar-refractivity contribution is -0.110. The molecule has 5 nitrogen and oxygen atoms in total. The second-order valence-corrected chi connectivity index (χ2v) is 4.12. The molecule has 1 aliphatic rings. The number of aromatic nitrogens is 1. The van der Waals surface area contributed by atoms with Gasteiger partial charge in [-0.05, 0) is 13.3 Å². The van der Waals surface area contributed by atoms with E-state index in [-0.39, 0.29) is 5.91 Å². The minimum Gasteiger partial charge on any atom is -0.366 e. The van der Waals surface area contributed by atoms with Gasteiger partial charge in [-0.2, -0.15) is 0 Å². The van der Waals surface area contributed by atoms with Crippen molar-refractivity contribution in [1.29, 1.82) is 0 Å². The zero-order valence-electron chi connectivity index (χ0n) is 8.41. The fourth-order valence-corrected chi connectivity index (χ4v) is 1.94. The summed E-state index contributed by atoms with van der Waals surface area (Å²) in [6, 6.07) is 0. The molecule has 0 saturated carbocycles. The second-order valence-electron chi connectivity index (χ2n) is 3.26. The molecule has 6 heteroatoms. The van der Waals surface area contributed by atoms with Crippen molar-refractivity contribution in [3.8, 4) is 0 Å². The summed E-state index contributed by atoms with van der Waals surface area (Å²) in [4.78, 5) is 19.9. The number of carbonyl (C=O) groups is 1. The number of hydrogen-bond donors (Lipinski definition) is 2. The summed E-state index contributed by atoms with van der Waals surface area (Å²) < 4.78 is 0. The van der Waals surface area contributed by atoms with Gasteiger partial charge in [0.25, 0.3) is 5.91 Å². The fraction of sp³-hybridized carbons (Fsp3) is 0.444. The standard InChI is InChI=1S/C9H12N4OS/c1-6-5-15-9(12-6)13-8(14)7-10-3-2-4-11-7/h5H,2-4H2,1H3,(H,10,11)(H,12,13,14). The molecule has 0 unspecified atom stereocenters. The first kappa shape index (κ1) is 10.1. The molecular weight excluding hydrogens is 212 g/mol. The summed E-state index contributed by atoms with van der Waals surface area (Å²) in [5.74, 6) is 0.207. The van der Waals surface area contributed by atoms with E-state index >= 15 is 0 Å². The number of nitrogens with zero attached hydrogens (tertiary/aromatic N) is 2. The molecule has 1 aromatic rings. The van der Waals surface area contributed by atoms with Crippen molar-refractivity contribution in [3.05, 3.63) is 11.1 Å². The van der Waals surface area contributed by atoms with Gasteiger partial charge in [0.15, 0.2) is 11.0 Å². The zero-order chi connectivity index (χ0) is 10.7. The van der Waals surface area contributed by atoms with Crippen LogP contribution in [0.1, 0.15) is 12.1 Å². The maximum Gasteiger partial charge on any atom is 0.292 e. The van der Waals surface area contributed by atoms with Crippen LogP contribution in [0, 0.1) is 6.92 Å². The van der Waals surface area contributed by atoms with Gasteiger partial charge in [-0.15, -0.1) is 11.3 Å². The van der Waals surface area contributed by atoms with Crippen LogP contribution >= 0.6 is 11.3 Å². The van der Waals surface area contributed by atoms with Gasteiger partial charge in [-0.25, -0.2) is 4.98 Å². The Hall–Kier alpha value is -1.43. The van der Waals surface area contributed by atoms with Crippen LogP contribution in [0.25, 0.3) is 0 Å². The lowest BCUT2D eigenvalue weighted by atomic mass is 10.3. The second kappa shape index (κ2) is 4.39. The van der Waals surface area contributed by atoms with Crippen molar-refractivity contribution in [3.63, 3.8) is 0 Å². The third-order valence-corrected chi connectivity index (χ3v) is 2.83. The number of aryl methyl sites for hydroxylation is 1. The fourth-order valence-electron chi connectivity index (χ4n) is 1.25. The van der Waals surface area contributed by atoms with Gasteiger partial charge >= 0.3 is 0 Å². The molecule has 2 heterocycles. The SMILES string of the molecule is Cc1csc(NC(=O)C2=NCCCN2)n1. The first-order valence-electron chi connectivity index (χ1n) is 4.77. The number of hydrogen-bond acceptors (Lipinski definition) is 5. The normalized spacial score (nSPS) is 15.4. The first-order chi connectivity index (χ1) is 7.25. The van der Waals surface area contributed by atoms with Gasteiger partial charge in [0.05, 0.1) is 5.69 Å². The number of rotatable bonds is 2. The maximum absolute atomic E-state index is 11.6. The van der Waals surface area contributed by atoms with Crippen LogP contribution in [0.2, 0.25) is 0 Å². The van der Waals surface area contributed by atoms with Gasteiger partial charge in [0.1, 0.15) is 0 Å². The number of nitrogens with one attached hydrogen (secondary N) is 2. The number of anilines is 1. The Kier molecular flexibility index (Phi) is 2.96. The van der Waals surface area contributed by atoms with E-state index in [1.54, 1.807) is 0 Å². The van der Waals surface area contributed by atoms with Gasteiger partial charge in [0, 0.05) is 18.5 Å². The maximum atomic E-state index is 11.6. The molecule has 0 radical (unpaired) electrons. The van der Waals surface area contributed by atoms with Crippen molar-refractivity contribution in [2.45, 2.75) is 13.3 Å². The van der Waals surface area contributed by atoms with Gasteiger partial charge in [0.2, 0.25) is 0 Å². The zero-order valence-corrected chi connectivity index (χ0v) is 9.23. The molecule has 1 amide bonds. The van der Waals surface area contributed by atoms with E-state index < -0.39 is 0 Å². The molecule has 0 atom stereocenters. The van der Waals surface area contributed by atoms with E-state index in [2.05, 4.69) is 20.6 Å². The summed E-state index contributed by atoms with van der Waals surface area (Å²) >= 11 is 1.42. The van der Waals surface area contributed by atoms with E-state index in [1.807, 2.05) is 12.3 Å². The molecule has 0 bridgehead atoms. The molecule has 2 N–H and O–H groups in total. The Morgan fingerprint density at radius 3 is 3.13 bits per heavy atom. The molecule has 0 saturated heterocycles. The van der Waals surface area contributed by atoms with Crippen molar-refractivity contribution < 1.29 is 4.79 Å². The summed E-state index contributed by atoms with van der Waals surface area (Å²) in [6.07, 6.45) is 0.979. The summed E-state index contributed by atoms with van der Waals surface area (Å²) in [5.41, 5.74) is 0.911. The molecule has 0 spiro atoms. The summed E-state index contributed by atoms with van der Waals surface area (Å²) in [6.45, 7) is 3.42. The molecule has 0 aromatic carbocycles. The van der Waals surface area contributed by atoms with E-state index in [0.717, 1.165) is 18.7 Å². The topological polar surface area (TPSA) is 66.4 Å². The van der Waals surface area contributed by atoms with E-state index in [4.69, 9.17) is 0 Å². The minimum absolute atomic E-state index is 0.205. The van der Waals surface area contributed by atoms with Crippen LogP contribution in [-0.4, -0.2) is 29.8 Å². The Bertz CT molecular complexity index is 399. The lowest BCUT2D eigenvalue weighted by Gasteiger charge is -2.12. The van der Waals surface area contributed by atoms with Crippen LogP contribution in [0.5, 0.6) is 0 Å². The molecule has 0 aliphatic carbocycles. The Labute approximate surface area is 91.6 Å². The average Bonchev–Trinajstić information content (AvgIpc) is 2.65. The van der Waals surface area contributed by atoms with Crippen LogP contribution in [0.4, 0.5) is 5.13 Å². The highest BCUT2D eigenvalue weighted by Gasteiger charge is 2.14. The highest BCUT2D eigenvalue weighted by molar-refractivity contribution is 7.14. The molecule has 2 rings (SSSR count). The lowest BCUT2D eigenvalue weighted by Crippen LogP contribution is -2.39. The van der Waals surface area contributed by atoms with Crippen LogP contribution < -0.4 is 10.6 Å². The van der Waals surface area contributed by atoms with Crippen molar-refractivity contribution in [1.82, 2.24) is 10.3 Å². The molecule has 80 valence electrons. The van der Waals surface area contributed by atoms with E-state index in [9.17, 15) is 4.79 Å². The highest BCUT2D eigenvalue weighted by Crippen LogP contribution is 2.14. The molecule has 1 aromatic heterocycles. The van der Waals surface area contributed by atoms with Gasteiger partial charge in [-0.3, -0.25) is 15.1 Å². The van der Waals surface area contributed by atoms with Crippen molar-refractivity contribution in [2.75, 3.05) is 18.4 Å². The number of amidine groups is 1. The van der Waals surface area contributed by atoms with Crippen LogP contribution in [0.3, 0.4) is 0 Å². The molecule has 15 heavy (non-hydrogen) atoms. The third-order valence-electron chi connectivity index (χ3n) is 1.95. The average molecular weight is 224 g/mol. The van der Waals surface area contributed by atoms with Crippen molar-refractivity contribution >= 4 is 28.2 Å². The van der Waals surface area contributed by atoms with Crippen molar-refractivity contribution in [2.24, 2.45) is 4.99 Å². The largest absolute Gasteiger partial charge is 0.366 e. The summed E-state index contributed by atoms with van der Waals surface area (Å²) in [7, 11) is 0. The number of amides is 1. The van der Waals surface area contributed by atoms with Gasteiger partial charge < -0.3 is 5.32 Å². The predicted octanol–water partition coefficient (Wildman–Crippen LogP) is 0.782. The van der Waals surface area contributed by atoms with E-state index in [1.165, 1.54) is 11.3 Å². The summed E-state index contributed by atoms with van der Waals surface area (Å²) in [5, 5.41) is 8.18. The molecular formula is C9H12N4OS. The molecule has 0 fully saturated rings. The smallest absolute Gasteiger partial charge is 0.292 e. The minimum atomic E-state index is -0.205. The predicted molar refractivity (Wildman–Crippen MR) is 60.4 cm³/mol. The Morgan fingerprint density at radius 2 is 2.53 bits per heavy atom. The van der Waals surface area contributed by atoms with Crippen LogP contribution in [-0.2, 0) is 4.79 Å². The number of aliphatic imine (C=N–C) groups is 1. The highest BCUT2D eigenvalue weighted by atomic mass is 32.1. The van der Waals surface area contributed by atoms with Gasteiger partial charge in [-0.1, -0.05) is 0 Å². The number of carbonyl (C=O) groups excluding carboxylic acids is 1. The monoisotopic (exact) mass is 224 g/mol. The number of thiazole rings is 1. The third kappa shape index (κ3) is 2.53. The van der Waals surface area contributed by atoms with E-state index in [0.29, 0.717) is 17.5 Å². The quantitative estimate of drug-likeness (QED) is 0.780. The Morgan fingerprint density at radius 1 is 1.67 bits per heavy atom. The van der Waals surface area contributed by atoms with Crippen LogP contribution in [0.15, 0.2) is 10.4 Å². The Balaban J connectivity index is 2.00. The first-order valence-corrected chi connectivity index (χ1v) is 5.65.